The molecule has 6 unspecified atom stereocenters. The number of halogens is 3. The Morgan fingerprint density at radius 2 is 1.91 bits per heavy atom. The summed E-state index contributed by atoms with van der Waals surface area (Å²) < 4.78 is 43.0. The van der Waals surface area contributed by atoms with Crippen molar-refractivity contribution in [1.29, 1.82) is 0 Å². The molecule has 3 fully saturated rings. The van der Waals surface area contributed by atoms with Crippen LogP contribution < -0.4 is 11.1 Å². The summed E-state index contributed by atoms with van der Waals surface area (Å²) in [6.45, 7) is 0.526. The van der Waals surface area contributed by atoms with Crippen molar-refractivity contribution in [2.45, 2.75) is 56.3 Å². The lowest BCUT2D eigenvalue weighted by atomic mass is 9.54. The zero-order chi connectivity index (χ0) is 25.4. The maximum absolute atomic E-state index is 14.3. The summed E-state index contributed by atoms with van der Waals surface area (Å²) in [5.74, 6) is -8.73. The average molecular weight is 494 g/mol. The number of hydrogen-bond acceptors (Lipinski definition) is 7. The van der Waals surface area contributed by atoms with Gasteiger partial charge in [-0.05, 0) is 55.3 Å². The Kier molecular flexibility index (Phi) is 5.37. The van der Waals surface area contributed by atoms with Gasteiger partial charge < -0.3 is 21.3 Å². The molecule has 0 bridgehead atoms. The number of fused-ring (bicyclic) bond motifs is 3. The largest absolute Gasteiger partial charge is 0.507 e. The highest BCUT2D eigenvalue weighted by molar-refractivity contribution is 6.17. The van der Waals surface area contributed by atoms with Gasteiger partial charge in [0.25, 0.3) is 0 Å². The second-order valence-corrected chi connectivity index (χ2v) is 10.2. The highest BCUT2D eigenvalue weighted by Gasteiger charge is 2.62. The summed E-state index contributed by atoms with van der Waals surface area (Å²) in [6.07, 6.45) is -4.93. The van der Waals surface area contributed by atoms with E-state index in [1.807, 2.05) is 0 Å². The third kappa shape index (κ3) is 3.50. The fourth-order valence-electron chi connectivity index (χ4n) is 6.71. The molecule has 1 aromatic carbocycles. The number of nitrogens with two attached hydrogens (primary N) is 1. The molecule has 1 amide bonds. The number of alkyl halides is 3. The molecular weight excluding hydrogens is 469 g/mol. The number of benzene rings is 1. The molecule has 188 valence electrons. The number of amides is 1. The van der Waals surface area contributed by atoms with Gasteiger partial charge in [-0.15, -0.1) is 0 Å². The number of primary amides is 1. The maximum atomic E-state index is 14.3. The smallest absolute Gasteiger partial charge is 0.417 e. The van der Waals surface area contributed by atoms with E-state index < -0.39 is 88.0 Å². The molecule has 6 atom stereocenters. The summed E-state index contributed by atoms with van der Waals surface area (Å²) in [7, 11) is 0. The number of phenols is 1. The number of phenolic OH excluding ortho intramolecular Hbond substituents is 1. The fourth-order valence-corrected chi connectivity index (χ4v) is 6.71. The minimum atomic E-state index is -4.81. The van der Waals surface area contributed by atoms with Crippen molar-refractivity contribution in [2.75, 3.05) is 6.54 Å². The topological polar surface area (TPSA) is 147 Å². The molecule has 3 aliphatic carbocycles. The van der Waals surface area contributed by atoms with Crippen LogP contribution in [-0.2, 0) is 27.0 Å². The third-order valence-electron chi connectivity index (χ3n) is 8.29. The van der Waals surface area contributed by atoms with Gasteiger partial charge in [0.2, 0.25) is 5.91 Å². The molecule has 4 aliphatic rings. The zero-order valence-electron chi connectivity index (χ0n) is 18.7. The SMILES string of the molecule is NC(=O)C1CC2(O)C(=O)C3C(=O)c4c(O)cc(C5CCCN5)c(C(F)(F)F)c4CC3CC2CC1=O. The van der Waals surface area contributed by atoms with Crippen molar-refractivity contribution in [2.24, 2.45) is 29.4 Å². The minimum Gasteiger partial charge on any atom is -0.507 e. The van der Waals surface area contributed by atoms with Crippen LogP contribution in [0.5, 0.6) is 5.75 Å². The van der Waals surface area contributed by atoms with E-state index in [4.69, 9.17) is 5.73 Å². The van der Waals surface area contributed by atoms with Crippen LogP contribution in [0.2, 0.25) is 0 Å². The molecule has 11 heteroatoms. The van der Waals surface area contributed by atoms with Crippen LogP contribution >= 0.6 is 0 Å². The van der Waals surface area contributed by atoms with Crippen LogP contribution in [0.4, 0.5) is 13.2 Å². The molecule has 0 aromatic heterocycles. The first kappa shape index (κ1) is 23.9. The van der Waals surface area contributed by atoms with Crippen LogP contribution in [0, 0.1) is 23.7 Å². The van der Waals surface area contributed by atoms with Gasteiger partial charge in [-0.1, -0.05) is 0 Å². The van der Waals surface area contributed by atoms with Crippen molar-refractivity contribution in [3.8, 4) is 5.75 Å². The molecule has 8 nitrogen and oxygen atoms in total. The van der Waals surface area contributed by atoms with E-state index >= 15 is 0 Å². The standard InChI is InChI=1S/C24H25F3N2O6/c25-24(26,27)19-11(14-2-1-3-29-14)7-16(31)18-12(19)5-9-4-10-6-15(30)13(22(28)34)8-23(10,35)21(33)17(9)20(18)32/h7,9-10,13-14,17,29,31,35H,1-6,8H2,(H2,28,34). The van der Waals surface area contributed by atoms with E-state index in [1.54, 1.807) is 0 Å². The quantitative estimate of drug-likeness (QED) is 0.457. The lowest BCUT2D eigenvalue weighted by Gasteiger charge is -2.50. The Hall–Kier alpha value is -2.79. The predicted molar refractivity (Wildman–Crippen MR) is 113 cm³/mol. The van der Waals surface area contributed by atoms with Gasteiger partial charge in [0.1, 0.15) is 17.1 Å². The normalized spacial score (nSPS) is 34.9. The molecule has 5 N–H and O–H groups in total. The number of aromatic hydroxyl groups is 1. The Morgan fingerprint density at radius 1 is 1.20 bits per heavy atom. The number of aliphatic hydroxyl groups is 1. The molecule has 1 aliphatic heterocycles. The summed E-state index contributed by atoms with van der Waals surface area (Å²) in [6, 6.07) is 0.325. The number of carbonyl (C=O) groups is 4. The van der Waals surface area contributed by atoms with E-state index in [2.05, 4.69) is 5.32 Å². The van der Waals surface area contributed by atoms with Crippen LogP contribution in [0.15, 0.2) is 6.07 Å². The van der Waals surface area contributed by atoms with Gasteiger partial charge >= 0.3 is 6.18 Å². The summed E-state index contributed by atoms with van der Waals surface area (Å²) in [5, 5.41) is 24.9. The second kappa shape index (κ2) is 7.86. The van der Waals surface area contributed by atoms with E-state index in [0.29, 0.717) is 19.4 Å². The molecule has 1 aromatic rings. The van der Waals surface area contributed by atoms with Gasteiger partial charge in [-0.2, -0.15) is 13.2 Å². The predicted octanol–water partition coefficient (Wildman–Crippen LogP) is 1.59. The Bertz CT molecular complexity index is 1160. The van der Waals surface area contributed by atoms with Crippen molar-refractivity contribution in [3.63, 3.8) is 0 Å². The maximum Gasteiger partial charge on any atom is 0.417 e. The molecule has 35 heavy (non-hydrogen) atoms. The first-order valence-corrected chi connectivity index (χ1v) is 11.7. The van der Waals surface area contributed by atoms with Crippen molar-refractivity contribution >= 4 is 23.3 Å². The lowest BCUT2D eigenvalue weighted by Crippen LogP contribution is -2.63. The van der Waals surface area contributed by atoms with Crippen molar-refractivity contribution in [1.82, 2.24) is 5.32 Å². The first-order chi connectivity index (χ1) is 16.3. The molecule has 1 saturated heterocycles. The lowest BCUT2D eigenvalue weighted by molar-refractivity contribution is -0.168. The van der Waals surface area contributed by atoms with Gasteiger partial charge in [0.15, 0.2) is 11.6 Å². The molecule has 5 rings (SSSR count). The number of Topliss-reactive ketones (excluding diaryl/α,β-unsaturated/α-hetero) is 3. The monoisotopic (exact) mass is 494 g/mol. The number of hydrogen-bond donors (Lipinski definition) is 4. The molecule has 0 spiro atoms. The van der Waals surface area contributed by atoms with E-state index in [1.165, 1.54) is 0 Å². The van der Waals surface area contributed by atoms with E-state index in [-0.39, 0.29) is 30.4 Å². The molecule has 0 radical (unpaired) electrons. The minimum absolute atomic E-state index is 0.0424. The van der Waals surface area contributed by atoms with Crippen LogP contribution in [0.3, 0.4) is 0 Å². The van der Waals surface area contributed by atoms with Gasteiger partial charge in [-0.3, -0.25) is 19.2 Å². The summed E-state index contributed by atoms with van der Waals surface area (Å²) in [4.78, 5) is 51.0. The molecular formula is C24H25F3N2O6. The molecule has 2 saturated carbocycles. The van der Waals surface area contributed by atoms with Crippen molar-refractivity contribution < 1.29 is 42.6 Å². The van der Waals surface area contributed by atoms with E-state index in [9.17, 15) is 42.6 Å². The second-order valence-electron chi connectivity index (χ2n) is 10.2. The highest BCUT2D eigenvalue weighted by atomic mass is 19.4. The third-order valence-corrected chi connectivity index (χ3v) is 8.29. The number of carbonyl (C=O) groups excluding carboxylic acids is 4. The number of rotatable bonds is 2. The Morgan fingerprint density at radius 3 is 2.51 bits per heavy atom. The van der Waals surface area contributed by atoms with Crippen LogP contribution in [0.25, 0.3) is 0 Å². The van der Waals surface area contributed by atoms with Crippen LogP contribution in [-0.4, -0.2) is 45.6 Å². The van der Waals surface area contributed by atoms with E-state index in [0.717, 1.165) is 6.07 Å². The zero-order valence-corrected chi connectivity index (χ0v) is 18.7. The Labute approximate surface area is 198 Å². The van der Waals surface area contributed by atoms with Gasteiger partial charge in [-0.25, -0.2) is 0 Å². The summed E-state index contributed by atoms with van der Waals surface area (Å²) in [5.41, 5.74) is 1.09. The summed E-state index contributed by atoms with van der Waals surface area (Å²) >= 11 is 0. The number of ketones is 3. The number of nitrogens with one attached hydrogen (secondary N) is 1. The highest BCUT2D eigenvalue weighted by Crippen LogP contribution is 2.53. The average Bonchev–Trinajstić information content (AvgIpc) is 3.28. The fraction of sp³-hybridized carbons (Fsp3) is 0.583. The van der Waals surface area contributed by atoms with Crippen LogP contribution in [0.1, 0.15) is 65.2 Å². The van der Waals surface area contributed by atoms with Crippen molar-refractivity contribution in [3.05, 3.63) is 28.3 Å². The first-order valence-electron chi connectivity index (χ1n) is 11.7. The Balaban J connectivity index is 1.62. The van der Waals surface area contributed by atoms with Gasteiger partial charge in [0, 0.05) is 24.8 Å². The molecule has 1 heterocycles. The van der Waals surface area contributed by atoms with Gasteiger partial charge in [0.05, 0.1) is 23.0 Å².